The largest absolute Gasteiger partial charge is 0.387 e. The van der Waals surface area contributed by atoms with E-state index in [2.05, 4.69) is 10.1 Å². The van der Waals surface area contributed by atoms with Crippen LogP contribution in [0.2, 0.25) is 0 Å². The summed E-state index contributed by atoms with van der Waals surface area (Å²) in [6.45, 7) is 7.64. The first-order valence-corrected chi connectivity index (χ1v) is 10.2. The Kier molecular flexibility index (Phi) is 3.99. The number of benzene rings is 1. The lowest BCUT2D eigenvalue weighted by Crippen LogP contribution is -2.32. The Hall–Kier alpha value is -3.07. The van der Waals surface area contributed by atoms with Gasteiger partial charge in [0.05, 0.1) is 29.9 Å². The molecule has 1 atom stereocenters. The van der Waals surface area contributed by atoms with Crippen molar-refractivity contribution in [2.75, 3.05) is 4.90 Å². The first kappa shape index (κ1) is 19.9. The van der Waals surface area contributed by atoms with Gasteiger partial charge in [0, 0.05) is 18.3 Å². The molecule has 1 aliphatic heterocycles. The molecule has 2 aromatic heterocycles. The lowest BCUT2D eigenvalue weighted by molar-refractivity contribution is -0.121. The summed E-state index contributed by atoms with van der Waals surface area (Å²) in [5.41, 5.74) is 0.0515. The third-order valence-electron chi connectivity index (χ3n) is 6.09. The summed E-state index contributed by atoms with van der Waals surface area (Å²) >= 11 is 0. The minimum atomic E-state index is -0.917. The van der Waals surface area contributed by atoms with Crippen LogP contribution in [0.3, 0.4) is 0 Å². The smallest absolute Gasteiger partial charge is 0.260 e. The average Bonchev–Trinajstić information content (AvgIpc) is 3.05. The summed E-state index contributed by atoms with van der Waals surface area (Å²) in [5.74, 6) is -2.08. The van der Waals surface area contributed by atoms with Crippen LogP contribution in [-0.2, 0) is 15.7 Å². The SMILES string of the molecule is CC(O)c1cnc2n1C1(CC1)C(=O)N2c1c(F)cc(-n2cc(C(C)(C)C)cn2)cc1F. The molecule has 7 nitrogen and oxygen atoms in total. The number of nitrogens with zero attached hydrogens (tertiary/aromatic N) is 5. The minimum absolute atomic E-state index is 0.123. The maximum Gasteiger partial charge on any atom is 0.260 e. The maximum atomic E-state index is 15.2. The van der Waals surface area contributed by atoms with Crippen molar-refractivity contribution in [2.24, 2.45) is 0 Å². The molecule has 0 radical (unpaired) electrons. The second-order valence-electron chi connectivity index (χ2n) is 9.35. The summed E-state index contributed by atoms with van der Waals surface area (Å²) in [6.07, 6.45) is 5.06. The van der Waals surface area contributed by atoms with Crippen molar-refractivity contribution in [3.63, 3.8) is 0 Å². The molecule has 3 heterocycles. The lowest BCUT2D eigenvalue weighted by atomic mass is 9.90. The minimum Gasteiger partial charge on any atom is -0.387 e. The molecule has 0 bridgehead atoms. The predicted molar refractivity (Wildman–Crippen MR) is 109 cm³/mol. The normalized spacial score (nSPS) is 18.0. The number of rotatable bonds is 3. The fraction of sp³-hybridized carbons (Fsp3) is 0.409. The van der Waals surface area contributed by atoms with E-state index in [1.807, 2.05) is 20.8 Å². The second-order valence-corrected chi connectivity index (χ2v) is 9.35. The van der Waals surface area contributed by atoms with E-state index in [4.69, 9.17) is 0 Å². The van der Waals surface area contributed by atoms with Crippen molar-refractivity contribution in [1.82, 2.24) is 19.3 Å². The molecule has 0 saturated heterocycles. The Bertz CT molecular complexity index is 1190. The third kappa shape index (κ3) is 2.76. The van der Waals surface area contributed by atoms with Crippen molar-refractivity contribution in [1.29, 1.82) is 0 Å². The first-order chi connectivity index (χ1) is 14.5. The molecule has 9 heteroatoms. The number of amides is 1. The van der Waals surface area contributed by atoms with Gasteiger partial charge in [-0.25, -0.2) is 23.3 Å². The Morgan fingerprint density at radius 3 is 2.32 bits per heavy atom. The highest BCUT2D eigenvalue weighted by Gasteiger charge is 2.62. The quantitative estimate of drug-likeness (QED) is 0.689. The molecule has 162 valence electrons. The van der Waals surface area contributed by atoms with Gasteiger partial charge in [-0.05, 0) is 30.7 Å². The molecule has 1 saturated carbocycles. The Balaban J connectivity index is 1.60. The maximum absolute atomic E-state index is 15.2. The number of halogens is 2. The van der Waals surface area contributed by atoms with E-state index in [9.17, 15) is 9.90 Å². The number of carbonyl (C=O) groups is 1. The van der Waals surface area contributed by atoms with Gasteiger partial charge in [0.25, 0.3) is 5.91 Å². The zero-order valence-corrected chi connectivity index (χ0v) is 17.7. The van der Waals surface area contributed by atoms with Gasteiger partial charge in [0.2, 0.25) is 5.95 Å². The van der Waals surface area contributed by atoms with Crippen molar-refractivity contribution in [3.05, 3.63) is 53.6 Å². The van der Waals surface area contributed by atoms with E-state index < -0.39 is 34.9 Å². The number of carbonyl (C=O) groups excluding carboxylic acids is 1. The van der Waals surface area contributed by atoms with Crippen LogP contribution in [0.5, 0.6) is 0 Å². The van der Waals surface area contributed by atoms with Crippen LogP contribution in [0, 0.1) is 11.6 Å². The van der Waals surface area contributed by atoms with E-state index in [0.29, 0.717) is 18.5 Å². The molecule has 1 amide bonds. The van der Waals surface area contributed by atoms with Gasteiger partial charge in [-0.2, -0.15) is 5.10 Å². The van der Waals surface area contributed by atoms with Crippen molar-refractivity contribution in [3.8, 4) is 5.69 Å². The van der Waals surface area contributed by atoms with Crippen molar-refractivity contribution in [2.45, 2.75) is 57.6 Å². The van der Waals surface area contributed by atoms with Gasteiger partial charge >= 0.3 is 0 Å². The van der Waals surface area contributed by atoms with Gasteiger partial charge in [-0.1, -0.05) is 20.8 Å². The Morgan fingerprint density at radius 2 is 1.81 bits per heavy atom. The molecular formula is C22H23F2N5O2. The number of anilines is 2. The highest BCUT2D eigenvalue weighted by atomic mass is 19.1. The monoisotopic (exact) mass is 427 g/mol. The van der Waals surface area contributed by atoms with E-state index >= 15 is 8.78 Å². The molecule has 3 aromatic rings. The lowest BCUT2D eigenvalue weighted by Gasteiger charge is -2.18. The van der Waals surface area contributed by atoms with Crippen LogP contribution in [0.4, 0.5) is 20.4 Å². The summed E-state index contributed by atoms with van der Waals surface area (Å²) in [6, 6.07) is 2.32. The van der Waals surface area contributed by atoms with Gasteiger partial charge in [-0.15, -0.1) is 0 Å². The summed E-state index contributed by atoms with van der Waals surface area (Å²) in [5, 5.41) is 14.3. The van der Waals surface area contributed by atoms with Crippen molar-refractivity contribution < 1.29 is 18.7 Å². The molecule has 1 unspecified atom stereocenters. The van der Waals surface area contributed by atoms with E-state index in [1.165, 1.54) is 10.9 Å². The molecule has 2 aliphatic rings. The molecule has 5 rings (SSSR count). The van der Waals surface area contributed by atoms with E-state index in [1.54, 1.807) is 23.9 Å². The first-order valence-electron chi connectivity index (χ1n) is 10.2. The second kappa shape index (κ2) is 6.23. The Labute approximate surface area is 177 Å². The summed E-state index contributed by atoms with van der Waals surface area (Å²) < 4.78 is 33.5. The molecule has 1 spiro atoms. The number of aliphatic hydroxyl groups excluding tert-OH is 1. The zero-order valence-electron chi connectivity index (χ0n) is 17.7. The molecular weight excluding hydrogens is 404 g/mol. The number of imidazole rings is 1. The van der Waals surface area contributed by atoms with Crippen LogP contribution >= 0.6 is 0 Å². The van der Waals surface area contributed by atoms with Gasteiger partial charge in [-0.3, -0.25) is 9.36 Å². The number of fused-ring (bicyclic) bond motifs is 2. The van der Waals surface area contributed by atoms with Crippen LogP contribution in [-0.4, -0.2) is 30.3 Å². The van der Waals surface area contributed by atoms with Crippen LogP contribution in [0.25, 0.3) is 5.69 Å². The molecule has 1 aliphatic carbocycles. The fourth-order valence-corrected chi connectivity index (χ4v) is 4.15. The van der Waals surface area contributed by atoms with Crippen molar-refractivity contribution >= 4 is 17.5 Å². The molecule has 31 heavy (non-hydrogen) atoms. The predicted octanol–water partition coefficient (Wildman–Crippen LogP) is 3.87. The number of aliphatic hydroxyl groups is 1. The topological polar surface area (TPSA) is 76.2 Å². The number of aromatic nitrogens is 4. The van der Waals surface area contributed by atoms with Crippen LogP contribution < -0.4 is 4.90 Å². The van der Waals surface area contributed by atoms with E-state index in [0.717, 1.165) is 22.6 Å². The zero-order chi connectivity index (χ0) is 22.3. The fourth-order valence-electron chi connectivity index (χ4n) is 4.15. The van der Waals surface area contributed by atoms with Crippen LogP contribution in [0.15, 0.2) is 30.7 Å². The molecule has 1 fully saturated rings. The highest BCUT2D eigenvalue weighted by Crippen LogP contribution is 2.55. The number of hydrogen-bond acceptors (Lipinski definition) is 4. The molecule has 1 aromatic carbocycles. The third-order valence-corrected chi connectivity index (χ3v) is 6.09. The Morgan fingerprint density at radius 1 is 1.16 bits per heavy atom. The van der Waals surface area contributed by atoms with Gasteiger partial charge < -0.3 is 5.11 Å². The van der Waals surface area contributed by atoms with Gasteiger partial charge in [0.15, 0.2) is 11.6 Å². The average molecular weight is 427 g/mol. The highest BCUT2D eigenvalue weighted by molar-refractivity contribution is 6.09. The van der Waals surface area contributed by atoms with Gasteiger partial charge in [0.1, 0.15) is 11.2 Å². The standard InChI is InChI=1S/C22H23F2N5O2/c1-12(30)17-10-25-20-28(19(31)22(5-6-22)29(17)20)18-15(23)7-14(8-16(18)24)27-11-13(9-26-27)21(2,3)4/h7-12,30H,5-6H2,1-4H3. The molecule has 1 N–H and O–H groups in total. The van der Waals surface area contributed by atoms with Crippen LogP contribution in [0.1, 0.15) is 57.9 Å². The summed E-state index contributed by atoms with van der Waals surface area (Å²) in [7, 11) is 0. The summed E-state index contributed by atoms with van der Waals surface area (Å²) in [4.78, 5) is 18.4. The number of hydrogen-bond donors (Lipinski definition) is 1. The van der Waals surface area contributed by atoms with E-state index in [-0.39, 0.29) is 17.1 Å².